The standard InChI is InChI=1S/C14H23NO2.C7H9NO2.C6H6ClNO.2C6H7NO2.C6H7NO.CH3O.CH4.Na/c1-4-6-10-15-12(3)8-9-13(14(15)16)17-11-7-5-2;1-5-3-4-6(9)7(8-5)10-2;1-4-2-3-5(9)6(7)8-4;2*1-4-2-3-5(8)6(9)7-4;1-5-2-3-6(8)4-7-5;1-2;;/h8-9H,4-7,10-11H2,1-3H3;3-4,9H,1-2H3;2-3,9H,1H3;2*2-3,8H,1H3,(H,7,9);2-4,8H,1H3;1H3;1H4;/q;;;;;;-1;;+1. The third-order valence-electron chi connectivity index (χ3n) is 7.95. The molecule has 0 radical (unpaired) electrons. The Balaban J connectivity index is -0.000000726. The Morgan fingerprint density at radius 2 is 1.14 bits per heavy atom. The van der Waals surface area contributed by atoms with Crippen LogP contribution in [0.4, 0.5) is 0 Å². The summed E-state index contributed by atoms with van der Waals surface area (Å²) in [5.74, 6) is 0.618. The molecule has 0 amide bonds. The molecule has 0 aliphatic carbocycles. The topological polar surface area (TPSA) is 269 Å². The summed E-state index contributed by atoms with van der Waals surface area (Å²) in [4.78, 5) is 49.6. The van der Waals surface area contributed by atoms with Gasteiger partial charge in [-0.05, 0) is 127 Å². The van der Waals surface area contributed by atoms with Crippen LogP contribution in [0.15, 0.2) is 93.4 Å². The van der Waals surface area contributed by atoms with Gasteiger partial charge < -0.3 is 54.6 Å². The van der Waals surface area contributed by atoms with Crippen LogP contribution in [0, 0.1) is 41.5 Å². The Kier molecular flexibility index (Phi) is 35.5. The zero-order valence-corrected chi connectivity index (χ0v) is 41.9. The van der Waals surface area contributed by atoms with Crippen molar-refractivity contribution in [2.75, 3.05) is 20.8 Å². The Morgan fingerprint density at radius 3 is 1.53 bits per heavy atom. The summed E-state index contributed by atoms with van der Waals surface area (Å²) in [5, 5.41) is 52.4. The van der Waals surface area contributed by atoms with Gasteiger partial charge in [0.05, 0.1) is 19.9 Å². The second-order valence-corrected chi connectivity index (χ2v) is 13.8. The van der Waals surface area contributed by atoms with Gasteiger partial charge in [-0.3, -0.25) is 19.4 Å². The first kappa shape index (κ1) is 64.4. The second kappa shape index (κ2) is 36.4. The molecule has 7 N–H and O–H groups in total. The molecule has 0 atom stereocenters. The van der Waals surface area contributed by atoms with E-state index >= 15 is 0 Å². The molecule has 0 aromatic carbocycles. The number of rotatable bonds is 8. The molecule has 0 aliphatic rings. The number of pyridine rings is 6. The SMILES string of the molecule is C.CCCCOc1ccc(C)n(CCCC)c1=O.COc1nc(C)ccc1O.C[O-].Cc1ccc(O)c(=O)[nH]1.Cc1ccc(O)c(=O)[nH]1.Cc1ccc(O)c(Cl)n1.Cc1ccc(O)cn1.[Na+]. The van der Waals surface area contributed by atoms with Crippen LogP contribution in [0.25, 0.3) is 0 Å². The predicted molar refractivity (Wildman–Crippen MR) is 254 cm³/mol. The number of ether oxygens (including phenoxy) is 2. The fraction of sp³-hybridized carbons (Fsp3) is 0.362. The van der Waals surface area contributed by atoms with Crippen LogP contribution in [-0.4, -0.2) is 75.8 Å². The number of methoxy groups -OCH3 is 1. The quantitative estimate of drug-likeness (QED) is 0.0630. The number of hydrogen-bond acceptors (Lipinski definition) is 14. The van der Waals surface area contributed by atoms with Crippen molar-refractivity contribution in [2.24, 2.45) is 0 Å². The molecular weight excluding hydrogens is 883 g/mol. The van der Waals surface area contributed by atoms with Crippen molar-refractivity contribution in [3.05, 3.63) is 149 Å². The maximum atomic E-state index is 12.1. The van der Waals surface area contributed by atoms with Gasteiger partial charge in [-0.1, -0.05) is 45.7 Å². The molecule has 358 valence electrons. The van der Waals surface area contributed by atoms with E-state index in [1.165, 1.54) is 31.5 Å². The maximum Gasteiger partial charge on any atom is 1.00 e. The summed E-state index contributed by atoms with van der Waals surface area (Å²) in [6.45, 7) is 16.6. The summed E-state index contributed by atoms with van der Waals surface area (Å²) in [7, 11) is 2.22. The van der Waals surface area contributed by atoms with Gasteiger partial charge in [0, 0.05) is 40.7 Å². The first-order valence-corrected chi connectivity index (χ1v) is 20.4. The molecule has 0 fully saturated rings. The number of H-pyrrole nitrogens is 2. The van der Waals surface area contributed by atoms with E-state index in [9.17, 15) is 14.4 Å². The number of aromatic amines is 2. The number of unbranched alkanes of at least 4 members (excludes halogenated alkanes) is 2. The first-order valence-electron chi connectivity index (χ1n) is 20.0. The van der Waals surface area contributed by atoms with E-state index < -0.39 is 11.1 Å². The number of aromatic nitrogens is 6. The normalized spacial score (nSPS) is 9.21. The van der Waals surface area contributed by atoms with Crippen molar-refractivity contribution < 1.29 is 69.7 Å². The van der Waals surface area contributed by atoms with Gasteiger partial charge in [0.25, 0.3) is 22.6 Å². The van der Waals surface area contributed by atoms with Crippen LogP contribution >= 0.6 is 11.6 Å². The van der Waals surface area contributed by atoms with Gasteiger partial charge in [0.1, 0.15) is 5.75 Å². The first-order chi connectivity index (χ1) is 30.3. The fourth-order valence-corrected chi connectivity index (χ4v) is 4.66. The average molecular weight is 950 g/mol. The van der Waals surface area contributed by atoms with Crippen molar-refractivity contribution in [2.45, 2.75) is 95.0 Å². The maximum absolute atomic E-state index is 12.1. The molecule has 0 saturated carbocycles. The van der Waals surface area contributed by atoms with Crippen molar-refractivity contribution in [1.82, 2.24) is 29.5 Å². The van der Waals surface area contributed by atoms with Crippen LogP contribution in [0.1, 0.15) is 81.1 Å². The van der Waals surface area contributed by atoms with E-state index in [0.717, 1.165) is 73.5 Å². The van der Waals surface area contributed by atoms with Crippen molar-refractivity contribution in [3.63, 3.8) is 0 Å². The van der Waals surface area contributed by atoms with Gasteiger partial charge in [0.15, 0.2) is 33.9 Å². The molecule has 66 heavy (non-hydrogen) atoms. The number of aryl methyl sites for hydroxylation is 6. The second-order valence-electron chi connectivity index (χ2n) is 13.5. The van der Waals surface area contributed by atoms with Crippen LogP contribution in [0.3, 0.4) is 0 Å². The minimum atomic E-state index is -0.435. The van der Waals surface area contributed by atoms with Crippen LogP contribution in [-0.2, 0) is 6.54 Å². The molecule has 0 aliphatic heterocycles. The predicted octanol–water partition coefficient (Wildman–Crippen LogP) is 4.48. The van der Waals surface area contributed by atoms with Gasteiger partial charge in [-0.15, -0.1) is 0 Å². The number of hydrogen-bond donors (Lipinski definition) is 7. The van der Waals surface area contributed by atoms with Crippen molar-refractivity contribution in [3.8, 4) is 40.4 Å². The Morgan fingerprint density at radius 1 is 0.652 bits per heavy atom. The Labute approximate surface area is 414 Å². The van der Waals surface area contributed by atoms with Crippen LogP contribution in [0.5, 0.6) is 40.4 Å². The largest absolute Gasteiger partial charge is 1.00 e. The van der Waals surface area contributed by atoms with E-state index in [2.05, 4.69) is 38.8 Å². The summed E-state index contributed by atoms with van der Waals surface area (Å²) < 4.78 is 12.1. The zero-order chi connectivity index (χ0) is 48.8. The summed E-state index contributed by atoms with van der Waals surface area (Å²) in [5.41, 5.74) is 4.19. The van der Waals surface area contributed by atoms with E-state index in [-0.39, 0.29) is 82.3 Å². The minimum absolute atomic E-state index is 0. The molecule has 17 nitrogen and oxygen atoms in total. The Hall–Kier alpha value is -5.85. The number of aromatic hydroxyl groups is 5. The molecule has 0 unspecified atom stereocenters. The molecule has 6 rings (SSSR count). The molecule has 6 aromatic heterocycles. The molecule has 6 aromatic rings. The Bertz CT molecular complexity index is 2350. The monoisotopic (exact) mass is 948 g/mol. The van der Waals surface area contributed by atoms with Gasteiger partial charge >= 0.3 is 29.6 Å². The van der Waals surface area contributed by atoms with E-state index in [1.807, 2.05) is 38.3 Å². The third kappa shape index (κ3) is 26.8. The molecule has 19 heteroatoms. The van der Waals surface area contributed by atoms with Crippen molar-refractivity contribution >= 4 is 11.6 Å². The fourth-order valence-electron chi connectivity index (χ4n) is 4.46. The van der Waals surface area contributed by atoms with Gasteiger partial charge in [-0.2, -0.15) is 7.11 Å². The van der Waals surface area contributed by atoms with Crippen molar-refractivity contribution in [1.29, 1.82) is 0 Å². The number of nitrogens with one attached hydrogen (secondary N) is 2. The molecule has 0 saturated heterocycles. The minimum Gasteiger partial charge on any atom is -0.857 e. The molecule has 0 bridgehead atoms. The summed E-state index contributed by atoms with van der Waals surface area (Å²) >= 11 is 5.45. The van der Waals surface area contributed by atoms with Crippen LogP contribution in [0.2, 0.25) is 5.15 Å². The van der Waals surface area contributed by atoms with E-state index in [1.54, 1.807) is 62.4 Å². The third-order valence-corrected chi connectivity index (χ3v) is 8.23. The summed E-state index contributed by atoms with van der Waals surface area (Å²) in [6.07, 6.45) is 5.61. The summed E-state index contributed by atoms with van der Waals surface area (Å²) in [6, 6.07) is 19.6. The number of halogens is 1. The zero-order valence-electron chi connectivity index (χ0n) is 39.1. The molecular formula is C47H66ClN6NaO11. The molecule has 0 spiro atoms. The van der Waals surface area contributed by atoms with Gasteiger partial charge in [0.2, 0.25) is 0 Å². The van der Waals surface area contributed by atoms with Gasteiger partial charge in [-0.25, -0.2) is 9.97 Å². The molecule has 6 heterocycles. The number of nitrogens with zero attached hydrogens (tertiary/aromatic N) is 4. The van der Waals surface area contributed by atoms with E-state index in [0.29, 0.717) is 12.4 Å². The smallest absolute Gasteiger partial charge is 0.857 e. The van der Waals surface area contributed by atoms with E-state index in [4.69, 9.17) is 51.7 Å². The van der Waals surface area contributed by atoms with Crippen LogP contribution < -0.4 is 60.8 Å². The average Bonchev–Trinajstić information content (AvgIpc) is 3.27.